The minimum atomic E-state index is -0.654. The van der Waals surface area contributed by atoms with E-state index in [1.807, 2.05) is 44.2 Å². The van der Waals surface area contributed by atoms with Gasteiger partial charge >= 0.3 is 6.09 Å². The molecule has 9 heteroatoms. The van der Waals surface area contributed by atoms with Gasteiger partial charge < -0.3 is 19.9 Å². The lowest BCUT2D eigenvalue weighted by atomic mass is 10.0. The molecule has 2 N–H and O–H groups in total. The molecule has 0 bridgehead atoms. The molecule has 32 heavy (non-hydrogen) atoms. The summed E-state index contributed by atoms with van der Waals surface area (Å²) in [4.78, 5) is 39.5. The topological polar surface area (TPSA) is 100 Å². The lowest BCUT2D eigenvalue weighted by molar-refractivity contribution is -0.135. The van der Waals surface area contributed by atoms with Crippen LogP contribution in [-0.2, 0) is 9.53 Å². The predicted octanol–water partition coefficient (Wildman–Crippen LogP) is 4.43. The van der Waals surface area contributed by atoms with Crippen molar-refractivity contribution in [3.63, 3.8) is 0 Å². The lowest BCUT2D eigenvalue weighted by Gasteiger charge is -2.30. The van der Waals surface area contributed by atoms with Crippen LogP contribution in [0.2, 0.25) is 0 Å². The molecule has 0 aliphatic carbocycles. The number of halogens is 1. The second-order valence-electron chi connectivity index (χ2n) is 8.26. The second-order valence-corrected chi connectivity index (χ2v) is 9.18. The van der Waals surface area contributed by atoms with Gasteiger partial charge in [-0.05, 0) is 43.0 Å². The number of ether oxygens (including phenoxy) is 1. The number of hydrogen-bond acceptors (Lipinski definition) is 5. The van der Waals surface area contributed by atoms with Crippen LogP contribution in [0.25, 0.3) is 22.3 Å². The van der Waals surface area contributed by atoms with Crippen LogP contribution in [0.4, 0.5) is 4.79 Å². The number of methoxy groups -OCH3 is 1. The van der Waals surface area contributed by atoms with Gasteiger partial charge in [0.05, 0.1) is 36.3 Å². The Morgan fingerprint density at radius 2 is 2.09 bits per heavy atom. The Hall–Kier alpha value is -2.94. The highest BCUT2D eigenvalue weighted by atomic mass is 79.9. The van der Waals surface area contributed by atoms with Gasteiger partial charge in [-0.1, -0.05) is 35.8 Å². The van der Waals surface area contributed by atoms with Crippen molar-refractivity contribution in [2.24, 2.45) is 5.92 Å². The average molecular weight is 500 g/mol. The third-order valence-corrected chi connectivity index (χ3v) is 6.26. The van der Waals surface area contributed by atoms with E-state index >= 15 is 0 Å². The molecule has 0 radical (unpaired) electrons. The maximum atomic E-state index is 13.3. The van der Waals surface area contributed by atoms with E-state index in [1.54, 1.807) is 11.1 Å². The number of nitrogens with zero attached hydrogens (tertiary/aromatic N) is 3. The number of hydrogen-bond donors (Lipinski definition) is 2. The van der Waals surface area contributed by atoms with Crippen molar-refractivity contribution in [1.29, 1.82) is 0 Å². The zero-order valence-electron chi connectivity index (χ0n) is 18.3. The first kappa shape index (κ1) is 22.3. The molecule has 168 valence electrons. The molecule has 2 aromatic heterocycles. The molecule has 1 saturated heterocycles. The van der Waals surface area contributed by atoms with Gasteiger partial charge in [-0.15, -0.1) is 0 Å². The van der Waals surface area contributed by atoms with E-state index in [-0.39, 0.29) is 17.9 Å². The number of alkyl carbamates (subject to hydrolysis) is 1. The minimum absolute atomic E-state index is 0.0724. The van der Waals surface area contributed by atoms with Crippen LogP contribution < -0.4 is 5.32 Å². The molecule has 1 aliphatic rings. The fraction of sp³-hybridized carbons (Fsp3) is 0.391. The number of benzene rings is 1. The van der Waals surface area contributed by atoms with Gasteiger partial charge in [-0.2, -0.15) is 0 Å². The van der Waals surface area contributed by atoms with E-state index in [2.05, 4.69) is 31.2 Å². The van der Waals surface area contributed by atoms with E-state index in [0.29, 0.717) is 6.54 Å². The minimum Gasteiger partial charge on any atom is -0.453 e. The molecule has 4 rings (SSSR count). The van der Waals surface area contributed by atoms with Crippen LogP contribution in [0.3, 0.4) is 0 Å². The second kappa shape index (κ2) is 9.28. The van der Waals surface area contributed by atoms with E-state index in [0.717, 1.165) is 45.4 Å². The summed E-state index contributed by atoms with van der Waals surface area (Å²) >= 11 is 3.48. The molecule has 1 fully saturated rings. The molecule has 3 heterocycles. The maximum Gasteiger partial charge on any atom is 0.407 e. The van der Waals surface area contributed by atoms with Crippen LogP contribution in [0, 0.1) is 5.92 Å². The number of imidazole rings is 1. The number of rotatable bonds is 5. The van der Waals surface area contributed by atoms with E-state index in [9.17, 15) is 9.59 Å². The number of carbonyl (C=O) groups is 2. The number of amides is 2. The number of carbonyl (C=O) groups excluding carboxylic acids is 2. The Kier molecular flexibility index (Phi) is 6.45. The monoisotopic (exact) mass is 499 g/mol. The summed E-state index contributed by atoms with van der Waals surface area (Å²) in [6.45, 7) is 4.42. The number of nitrogens with one attached hydrogen (secondary N) is 2. The average Bonchev–Trinajstić information content (AvgIpc) is 3.45. The Morgan fingerprint density at radius 3 is 2.84 bits per heavy atom. The molecule has 0 saturated carbocycles. The molecular weight excluding hydrogens is 474 g/mol. The normalized spacial score (nSPS) is 17.0. The van der Waals surface area contributed by atoms with Crippen molar-refractivity contribution in [2.45, 2.75) is 38.8 Å². The SMILES string of the molecule is COC(=O)N[C@H](C(=O)N1CCC[C@H]1c1ncc(-c2ccc3cc(Br)ccc3n2)[nH]1)C(C)C. The first-order chi connectivity index (χ1) is 15.4. The first-order valence-corrected chi connectivity index (χ1v) is 11.4. The highest BCUT2D eigenvalue weighted by molar-refractivity contribution is 9.10. The number of aromatic amines is 1. The van der Waals surface area contributed by atoms with Crippen molar-refractivity contribution in [1.82, 2.24) is 25.2 Å². The molecule has 1 aliphatic heterocycles. The fourth-order valence-electron chi connectivity index (χ4n) is 4.08. The molecule has 0 spiro atoms. The van der Waals surface area contributed by atoms with Crippen LogP contribution in [0.1, 0.15) is 38.6 Å². The van der Waals surface area contributed by atoms with E-state index < -0.39 is 12.1 Å². The van der Waals surface area contributed by atoms with Gasteiger partial charge in [-0.25, -0.2) is 14.8 Å². The van der Waals surface area contributed by atoms with Gasteiger partial charge in [0.1, 0.15) is 11.9 Å². The first-order valence-electron chi connectivity index (χ1n) is 10.6. The summed E-state index contributed by atoms with van der Waals surface area (Å²) in [6, 6.07) is 9.12. The van der Waals surface area contributed by atoms with Crippen molar-refractivity contribution < 1.29 is 14.3 Å². The van der Waals surface area contributed by atoms with Gasteiger partial charge in [0, 0.05) is 16.4 Å². The smallest absolute Gasteiger partial charge is 0.407 e. The highest BCUT2D eigenvalue weighted by Crippen LogP contribution is 2.32. The third kappa shape index (κ3) is 4.48. The largest absolute Gasteiger partial charge is 0.453 e. The predicted molar refractivity (Wildman–Crippen MR) is 125 cm³/mol. The third-order valence-electron chi connectivity index (χ3n) is 5.77. The van der Waals surface area contributed by atoms with Crippen LogP contribution in [0.5, 0.6) is 0 Å². The molecule has 1 aromatic carbocycles. The molecule has 3 aromatic rings. The number of fused-ring (bicyclic) bond motifs is 1. The summed E-state index contributed by atoms with van der Waals surface area (Å²) in [5.74, 6) is 0.529. The Morgan fingerprint density at radius 1 is 1.28 bits per heavy atom. The van der Waals surface area contributed by atoms with E-state index in [4.69, 9.17) is 9.72 Å². The quantitative estimate of drug-likeness (QED) is 0.540. The van der Waals surface area contributed by atoms with Crippen LogP contribution in [-0.4, -0.2) is 51.5 Å². The number of likely N-dealkylation sites (tertiary alicyclic amines) is 1. The molecule has 8 nitrogen and oxygen atoms in total. The summed E-state index contributed by atoms with van der Waals surface area (Å²) in [7, 11) is 1.29. The number of pyridine rings is 1. The maximum absolute atomic E-state index is 13.3. The molecule has 2 atom stereocenters. The summed E-state index contributed by atoms with van der Waals surface area (Å²) < 4.78 is 5.71. The van der Waals surface area contributed by atoms with Gasteiger partial charge in [-0.3, -0.25) is 4.79 Å². The van der Waals surface area contributed by atoms with Crippen molar-refractivity contribution in [2.75, 3.05) is 13.7 Å². The van der Waals surface area contributed by atoms with Crippen molar-refractivity contribution >= 4 is 38.8 Å². The van der Waals surface area contributed by atoms with Gasteiger partial charge in [0.15, 0.2) is 0 Å². The molecule has 0 unspecified atom stereocenters. The Balaban J connectivity index is 1.57. The fourth-order valence-corrected chi connectivity index (χ4v) is 4.45. The zero-order chi connectivity index (χ0) is 22.8. The number of H-pyrrole nitrogens is 1. The van der Waals surface area contributed by atoms with Crippen LogP contribution in [0.15, 0.2) is 41.0 Å². The molecular formula is C23H26BrN5O3. The van der Waals surface area contributed by atoms with Crippen molar-refractivity contribution in [3.05, 3.63) is 46.8 Å². The Labute approximate surface area is 194 Å². The van der Waals surface area contributed by atoms with Gasteiger partial charge in [0.2, 0.25) is 5.91 Å². The lowest BCUT2D eigenvalue weighted by Crippen LogP contribution is -2.51. The van der Waals surface area contributed by atoms with Crippen molar-refractivity contribution in [3.8, 4) is 11.4 Å². The molecule has 2 amide bonds. The summed E-state index contributed by atoms with van der Waals surface area (Å²) in [5, 5.41) is 3.72. The van der Waals surface area contributed by atoms with Gasteiger partial charge in [0.25, 0.3) is 0 Å². The highest BCUT2D eigenvalue weighted by Gasteiger charge is 2.37. The zero-order valence-corrected chi connectivity index (χ0v) is 19.8. The van der Waals surface area contributed by atoms with E-state index in [1.165, 1.54) is 7.11 Å². The number of aromatic nitrogens is 3. The summed E-state index contributed by atoms with van der Waals surface area (Å²) in [5.41, 5.74) is 2.49. The Bertz CT molecular complexity index is 1150. The summed E-state index contributed by atoms with van der Waals surface area (Å²) in [6.07, 6.45) is 2.83. The van der Waals surface area contributed by atoms with Crippen LogP contribution >= 0.6 is 15.9 Å². The standard InChI is InChI=1S/C23H26BrN5O3/c1-13(2)20(28-23(31)32-3)22(30)29-10-4-5-19(29)21-25-12-18(27-21)17-8-6-14-11-15(24)7-9-16(14)26-17/h6-9,11-13,19-20H,4-5,10H2,1-3H3,(H,25,27)(H,28,31)/t19-,20-/m0/s1.